The lowest BCUT2D eigenvalue weighted by Crippen LogP contribution is -2.68. The summed E-state index contributed by atoms with van der Waals surface area (Å²) in [6, 6.07) is 28.6. The molecule has 1 N–H and O–H groups in total. The van der Waals surface area contributed by atoms with Crippen LogP contribution in [0.4, 0.5) is 0 Å². The van der Waals surface area contributed by atoms with Crippen molar-refractivity contribution in [2.75, 3.05) is 26.2 Å². The van der Waals surface area contributed by atoms with E-state index in [1.54, 1.807) is 0 Å². The van der Waals surface area contributed by atoms with E-state index in [0.717, 1.165) is 42.6 Å². The Labute approximate surface area is 207 Å². The number of carbonyl (C=O) groups excluding carboxylic acids is 1. The van der Waals surface area contributed by atoms with Crippen molar-refractivity contribution >= 4 is 5.91 Å². The van der Waals surface area contributed by atoms with Gasteiger partial charge in [-0.2, -0.15) is 5.26 Å². The fourth-order valence-electron chi connectivity index (χ4n) is 5.68. The number of benzene rings is 3. The van der Waals surface area contributed by atoms with Crippen molar-refractivity contribution in [2.24, 2.45) is 0 Å². The Bertz CT molecular complexity index is 1190. The molecule has 2 aliphatic heterocycles. The SMILES string of the molecule is N#Cc1ccc(-c2ccc([C@H]3[C@@H](CO)N4CCCCN(C(=O)Cc5ccccc5)C[C@H]34)cc2)cc1. The minimum Gasteiger partial charge on any atom is -0.395 e. The molecule has 2 saturated heterocycles. The molecule has 2 heterocycles. The highest BCUT2D eigenvalue weighted by atomic mass is 16.3. The van der Waals surface area contributed by atoms with Crippen molar-refractivity contribution in [1.29, 1.82) is 5.26 Å². The molecular formula is C30H31N3O2. The maximum atomic E-state index is 13.2. The first kappa shape index (κ1) is 23.3. The second-order valence-electron chi connectivity index (χ2n) is 9.60. The zero-order chi connectivity index (χ0) is 24.2. The molecule has 5 nitrogen and oxygen atoms in total. The predicted molar refractivity (Wildman–Crippen MR) is 137 cm³/mol. The van der Waals surface area contributed by atoms with E-state index in [-0.39, 0.29) is 30.5 Å². The second kappa shape index (κ2) is 10.4. The number of amides is 1. The summed E-state index contributed by atoms with van der Waals surface area (Å²) >= 11 is 0. The molecule has 5 rings (SSSR count). The lowest BCUT2D eigenvalue weighted by atomic mass is 9.74. The lowest BCUT2D eigenvalue weighted by Gasteiger charge is -2.57. The Hall–Kier alpha value is -3.46. The van der Waals surface area contributed by atoms with Gasteiger partial charge >= 0.3 is 0 Å². The molecule has 2 fully saturated rings. The van der Waals surface area contributed by atoms with Gasteiger partial charge in [0.25, 0.3) is 0 Å². The van der Waals surface area contributed by atoms with Gasteiger partial charge in [0.15, 0.2) is 0 Å². The van der Waals surface area contributed by atoms with Crippen molar-refractivity contribution in [3.63, 3.8) is 0 Å². The standard InChI is InChI=1S/C30H31N3O2/c31-19-23-8-10-24(11-9-23)25-12-14-26(15-13-25)30-27-20-32(16-4-5-17-33(27)28(30)21-34)29(35)18-22-6-2-1-3-7-22/h1-3,6-15,27-28,30,34H,4-5,16-18,20-21H2/t27-,28-,30-/m1/s1. The van der Waals surface area contributed by atoms with Crippen LogP contribution in [0.2, 0.25) is 0 Å². The largest absolute Gasteiger partial charge is 0.395 e. The number of carbonyl (C=O) groups is 1. The Morgan fingerprint density at radius 1 is 0.914 bits per heavy atom. The molecule has 0 saturated carbocycles. The minimum absolute atomic E-state index is 0.0879. The average molecular weight is 466 g/mol. The highest BCUT2D eigenvalue weighted by molar-refractivity contribution is 5.79. The maximum Gasteiger partial charge on any atom is 0.227 e. The molecule has 0 radical (unpaired) electrons. The second-order valence-corrected chi connectivity index (χ2v) is 9.60. The number of hydrogen-bond acceptors (Lipinski definition) is 4. The van der Waals surface area contributed by atoms with Crippen LogP contribution in [0.5, 0.6) is 0 Å². The molecule has 3 atom stereocenters. The van der Waals surface area contributed by atoms with Gasteiger partial charge < -0.3 is 10.0 Å². The molecule has 5 heteroatoms. The van der Waals surface area contributed by atoms with Gasteiger partial charge in [0.1, 0.15) is 0 Å². The van der Waals surface area contributed by atoms with Crippen molar-refractivity contribution in [1.82, 2.24) is 9.80 Å². The third kappa shape index (κ3) is 4.86. The van der Waals surface area contributed by atoms with E-state index in [9.17, 15) is 9.90 Å². The summed E-state index contributed by atoms with van der Waals surface area (Å²) in [4.78, 5) is 17.6. The van der Waals surface area contributed by atoms with Crippen LogP contribution in [0.1, 0.15) is 35.4 Å². The van der Waals surface area contributed by atoms with E-state index in [0.29, 0.717) is 18.5 Å². The van der Waals surface area contributed by atoms with Crippen LogP contribution >= 0.6 is 0 Å². The molecule has 2 aliphatic rings. The van der Waals surface area contributed by atoms with Gasteiger partial charge in [0.05, 0.1) is 24.7 Å². The summed E-state index contributed by atoms with van der Waals surface area (Å²) in [6.45, 7) is 2.58. The molecule has 0 bridgehead atoms. The Morgan fingerprint density at radius 2 is 1.57 bits per heavy atom. The number of nitriles is 1. The van der Waals surface area contributed by atoms with Gasteiger partial charge in [0, 0.05) is 31.1 Å². The van der Waals surface area contributed by atoms with Crippen molar-refractivity contribution < 1.29 is 9.90 Å². The van der Waals surface area contributed by atoms with Crippen LogP contribution < -0.4 is 0 Å². The zero-order valence-corrected chi connectivity index (χ0v) is 19.9. The van der Waals surface area contributed by atoms with Crippen molar-refractivity contribution in [2.45, 2.75) is 37.3 Å². The highest BCUT2D eigenvalue weighted by Gasteiger charge is 2.49. The molecule has 0 spiro atoms. The van der Waals surface area contributed by atoms with Gasteiger partial charge in [0.2, 0.25) is 5.91 Å². The highest BCUT2D eigenvalue weighted by Crippen LogP contribution is 2.42. The van der Waals surface area contributed by atoms with Crippen LogP contribution in [0.3, 0.4) is 0 Å². The molecule has 0 unspecified atom stereocenters. The Balaban J connectivity index is 1.34. The predicted octanol–water partition coefficient (Wildman–Crippen LogP) is 4.22. The van der Waals surface area contributed by atoms with Crippen LogP contribution in [0.15, 0.2) is 78.9 Å². The first-order valence-electron chi connectivity index (χ1n) is 12.5. The summed E-state index contributed by atoms with van der Waals surface area (Å²) in [5.74, 6) is 0.376. The van der Waals surface area contributed by atoms with Crippen LogP contribution in [0, 0.1) is 11.3 Å². The average Bonchev–Trinajstić information content (AvgIpc) is 2.89. The first-order chi connectivity index (χ1) is 17.2. The van der Waals surface area contributed by atoms with Crippen molar-refractivity contribution in [3.05, 3.63) is 95.6 Å². The number of hydrogen-bond donors (Lipinski definition) is 1. The van der Waals surface area contributed by atoms with E-state index in [4.69, 9.17) is 5.26 Å². The first-order valence-corrected chi connectivity index (χ1v) is 12.5. The number of fused-ring (bicyclic) bond motifs is 1. The fraction of sp³-hybridized carbons (Fsp3) is 0.333. The molecule has 1 amide bonds. The maximum absolute atomic E-state index is 13.2. The number of aliphatic hydroxyl groups excluding tert-OH is 1. The van der Waals surface area contributed by atoms with Gasteiger partial charge in [-0.15, -0.1) is 0 Å². The smallest absolute Gasteiger partial charge is 0.227 e. The number of nitrogens with zero attached hydrogens (tertiary/aromatic N) is 3. The van der Waals surface area contributed by atoms with E-state index < -0.39 is 0 Å². The quantitative estimate of drug-likeness (QED) is 0.613. The molecule has 0 aromatic heterocycles. The third-order valence-electron chi connectivity index (χ3n) is 7.56. The lowest BCUT2D eigenvalue weighted by molar-refractivity contribution is -0.135. The molecule has 3 aromatic carbocycles. The molecular weight excluding hydrogens is 434 g/mol. The molecule has 0 aliphatic carbocycles. The monoisotopic (exact) mass is 465 g/mol. The van der Waals surface area contributed by atoms with E-state index in [1.807, 2.05) is 59.5 Å². The third-order valence-corrected chi connectivity index (χ3v) is 7.56. The van der Waals surface area contributed by atoms with Crippen LogP contribution in [-0.2, 0) is 11.2 Å². The zero-order valence-electron chi connectivity index (χ0n) is 19.9. The van der Waals surface area contributed by atoms with E-state index in [1.165, 1.54) is 5.56 Å². The molecule has 3 aromatic rings. The summed E-state index contributed by atoms with van der Waals surface area (Å²) < 4.78 is 0. The van der Waals surface area contributed by atoms with Crippen molar-refractivity contribution in [3.8, 4) is 17.2 Å². The molecule has 178 valence electrons. The van der Waals surface area contributed by atoms with Gasteiger partial charge in [-0.25, -0.2) is 0 Å². The summed E-state index contributed by atoms with van der Waals surface area (Å²) in [5, 5.41) is 19.3. The minimum atomic E-state index is 0.0879. The van der Waals surface area contributed by atoms with Crippen LogP contribution in [0.25, 0.3) is 11.1 Å². The fourth-order valence-corrected chi connectivity index (χ4v) is 5.68. The summed E-state index contributed by atoms with van der Waals surface area (Å²) in [5.41, 5.74) is 5.09. The topological polar surface area (TPSA) is 67.6 Å². The Kier molecular flexibility index (Phi) is 6.94. The summed E-state index contributed by atoms with van der Waals surface area (Å²) in [7, 11) is 0. The normalized spacial score (nSPS) is 22.3. The number of rotatable bonds is 5. The summed E-state index contributed by atoms with van der Waals surface area (Å²) in [6.07, 6.45) is 2.46. The van der Waals surface area contributed by atoms with Gasteiger partial charge in [-0.05, 0) is 53.8 Å². The molecule has 35 heavy (non-hydrogen) atoms. The number of aliphatic hydroxyl groups is 1. The Morgan fingerprint density at radius 3 is 2.23 bits per heavy atom. The van der Waals surface area contributed by atoms with E-state index >= 15 is 0 Å². The van der Waals surface area contributed by atoms with Gasteiger partial charge in [-0.3, -0.25) is 9.69 Å². The van der Waals surface area contributed by atoms with Crippen LogP contribution in [-0.4, -0.2) is 59.1 Å². The van der Waals surface area contributed by atoms with E-state index in [2.05, 4.69) is 35.2 Å². The van der Waals surface area contributed by atoms with Gasteiger partial charge in [-0.1, -0.05) is 66.7 Å².